The largest absolute Gasteiger partial charge is 0.396 e. The van der Waals surface area contributed by atoms with Crippen molar-refractivity contribution >= 4 is 5.91 Å². The molecular weight excluding hydrogens is 250 g/mol. The van der Waals surface area contributed by atoms with E-state index >= 15 is 0 Å². The van der Waals surface area contributed by atoms with Gasteiger partial charge >= 0.3 is 0 Å². The maximum atomic E-state index is 12.2. The molecule has 1 aromatic rings. The molecule has 1 amide bonds. The molecule has 0 bridgehead atoms. The highest BCUT2D eigenvalue weighted by Gasteiger charge is 2.25. The third-order valence-corrected chi connectivity index (χ3v) is 4.53. The molecule has 2 N–H and O–H groups in total. The van der Waals surface area contributed by atoms with Crippen molar-refractivity contribution in [1.82, 2.24) is 5.32 Å². The predicted molar refractivity (Wildman–Crippen MR) is 80.4 cm³/mol. The Balaban J connectivity index is 1.85. The molecule has 2 rings (SSSR count). The Labute approximate surface area is 121 Å². The van der Waals surface area contributed by atoms with Crippen LogP contribution in [0, 0.1) is 11.8 Å². The molecule has 1 fully saturated rings. The number of amides is 1. The maximum absolute atomic E-state index is 12.2. The lowest BCUT2D eigenvalue weighted by Crippen LogP contribution is -2.37. The molecular formula is C17H25NO2. The topological polar surface area (TPSA) is 49.3 Å². The van der Waals surface area contributed by atoms with Crippen LogP contribution in [0.3, 0.4) is 0 Å². The molecule has 1 aliphatic rings. The van der Waals surface area contributed by atoms with E-state index < -0.39 is 0 Å². The average molecular weight is 275 g/mol. The summed E-state index contributed by atoms with van der Waals surface area (Å²) < 4.78 is 0. The van der Waals surface area contributed by atoms with Gasteiger partial charge in [-0.3, -0.25) is 4.79 Å². The normalized spacial score (nSPS) is 24.1. The quantitative estimate of drug-likeness (QED) is 0.868. The number of benzene rings is 1. The standard InChI is InChI=1S/C17H25NO2/c1-13(14-7-3-2-4-8-14)17(20)18-11-15-9-5-6-10-16(15)12-19/h2-4,7-8,13,15-16,19H,5-6,9-12H2,1H3,(H,18,20). The Hall–Kier alpha value is -1.35. The van der Waals surface area contributed by atoms with Crippen molar-refractivity contribution < 1.29 is 9.90 Å². The summed E-state index contributed by atoms with van der Waals surface area (Å²) in [6.07, 6.45) is 4.62. The van der Waals surface area contributed by atoms with Gasteiger partial charge in [0.25, 0.3) is 0 Å². The summed E-state index contributed by atoms with van der Waals surface area (Å²) >= 11 is 0. The van der Waals surface area contributed by atoms with Gasteiger partial charge in [-0.25, -0.2) is 0 Å². The molecule has 0 saturated heterocycles. The second-order valence-corrected chi connectivity index (χ2v) is 5.86. The van der Waals surface area contributed by atoms with E-state index in [0.717, 1.165) is 18.4 Å². The van der Waals surface area contributed by atoms with Crippen LogP contribution in [-0.4, -0.2) is 24.2 Å². The molecule has 0 aromatic heterocycles. The fraction of sp³-hybridized carbons (Fsp3) is 0.588. The van der Waals surface area contributed by atoms with Crippen LogP contribution >= 0.6 is 0 Å². The maximum Gasteiger partial charge on any atom is 0.227 e. The van der Waals surface area contributed by atoms with E-state index in [2.05, 4.69) is 5.32 Å². The average Bonchev–Trinajstić information content (AvgIpc) is 2.53. The molecule has 20 heavy (non-hydrogen) atoms. The van der Waals surface area contributed by atoms with Gasteiger partial charge in [-0.15, -0.1) is 0 Å². The molecule has 0 aliphatic heterocycles. The summed E-state index contributed by atoms with van der Waals surface area (Å²) in [7, 11) is 0. The first-order valence-electron chi connectivity index (χ1n) is 7.66. The Morgan fingerprint density at radius 1 is 1.25 bits per heavy atom. The molecule has 1 aromatic carbocycles. The SMILES string of the molecule is CC(C(=O)NCC1CCCCC1CO)c1ccccc1. The van der Waals surface area contributed by atoms with Crippen molar-refractivity contribution in [2.45, 2.75) is 38.5 Å². The molecule has 0 radical (unpaired) electrons. The van der Waals surface area contributed by atoms with Gasteiger partial charge in [-0.1, -0.05) is 43.2 Å². The van der Waals surface area contributed by atoms with Crippen molar-refractivity contribution in [3.05, 3.63) is 35.9 Å². The van der Waals surface area contributed by atoms with Crippen molar-refractivity contribution in [1.29, 1.82) is 0 Å². The van der Waals surface area contributed by atoms with Crippen molar-refractivity contribution in [2.24, 2.45) is 11.8 Å². The van der Waals surface area contributed by atoms with E-state index in [4.69, 9.17) is 0 Å². The van der Waals surface area contributed by atoms with E-state index in [1.54, 1.807) is 0 Å². The summed E-state index contributed by atoms with van der Waals surface area (Å²) in [4.78, 5) is 12.2. The monoisotopic (exact) mass is 275 g/mol. The number of carbonyl (C=O) groups excluding carboxylic acids is 1. The predicted octanol–water partition coefficient (Wildman–Crippen LogP) is 2.71. The zero-order valence-electron chi connectivity index (χ0n) is 12.2. The zero-order valence-corrected chi connectivity index (χ0v) is 12.2. The van der Waals surface area contributed by atoms with Crippen LogP contribution < -0.4 is 5.32 Å². The lowest BCUT2D eigenvalue weighted by molar-refractivity contribution is -0.122. The van der Waals surface area contributed by atoms with E-state index in [1.165, 1.54) is 12.8 Å². The summed E-state index contributed by atoms with van der Waals surface area (Å²) in [5.41, 5.74) is 1.05. The van der Waals surface area contributed by atoms with E-state index in [1.807, 2.05) is 37.3 Å². The third-order valence-electron chi connectivity index (χ3n) is 4.53. The van der Waals surface area contributed by atoms with Crippen LogP contribution in [0.5, 0.6) is 0 Å². The second-order valence-electron chi connectivity index (χ2n) is 5.86. The first-order chi connectivity index (χ1) is 9.72. The highest BCUT2D eigenvalue weighted by atomic mass is 16.3. The second kappa shape index (κ2) is 7.44. The van der Waals surface area contributed by atoms with Gasteiger partial charge in [0.05, 0.1) is 5.92 Å². The number of aliphatic hydroxyl groups excluding tert-OH is 1. The number of nitrogens with one attached hydrogen (secondary N) is 1. The van der Waals surface area contributed by atoms with E-state index in [0.29, 0.717) is 18.4 Å². The molecule has 110 valence electrons. The number of carbonyl (C=O) groups is 1. The van der Waals surface area contributed by atoms with Crippen LogP contribution in [0.1, 0.15) is 44.1 Å². The molecule has 3 nitrogen and oxygen atoms in total. The smallest absolute Gasteiger partial charge is 0.227 e. The van der Waals surface area contributed by atoms with Crippen molar-refractivity contribution in [2.75, 3.05) is 13.2 Å². The van der Waals surface area contributed by atoms with Gasteiger partial charge in [0.2, 0.25) is 5.91 Å². The molecule has 3 unspecified atom stereocenters. The lowest BCUT2D eigenvalue weighted by atomic mass is 9.79. The van der Waals surface area contributed by atoms with Crippen molar-refractivity contribution in [3.8, 4) is 0 Å². The fourth-order valence-electron chi connectivity index (χ4n) is 3.07. The minimum Gasteiger partial charge on any atom is -0.396 e. The summed E-state index contributed by atoms with van der Waals surface area (Å²) in [6.45, 7) is 2.88. The number of aliphatic hydroxyl groups is 1. The Morgan fingerprint density at radius 2 is 1.90 bits per heavy atom. The van der Waals surface area contributed by atoms with Crippen LogP contribution in [0.4, 0.5) is 0 Å². The highest BCUT2D eigenvalue weighted by Crippen LogP contribution is 2.29. The van der Waals surface area contributed by atoms with Gasteiger partial charge in [0.15, 0.2) is 0 Å². The van der Waals surface area contributed by atoms with Crippen molar-refractivity contribution in [3.63, 3.8) is 0 Å². The summed E-state index contributed by atoms with van der Waals surface area (Å²) in [6, 6.07) is 9.86. The molecule has 1 aliphatic carbocycles. The first kappa shape index (κ1) is 15.0. The molecule has 0 spiro atoms. The van der Waals surface area contributed by atoms with Gasteiger partial charge < -0.3 is 10.4 Å². The van der Waals surface area contributed by atoms with Crippen LogP contribution in [0.15, 0.2) is 30.3 Å². The number of hydrogen-bond donors (Lipinski definition) is 2. The van der Waals surface area contributed by atoms with Crippen LogP contribution in [-0.2, 0) is 4.79 Å². The van der Waals surface area contributed by atoms with E-state index in [9.17, 15) is 9.90 Å². The zero-order chi connectivity index (χ0) is 14.4. The fourth-order valence-corrected chi connectivity index (χ4v) is 3.07. The first-order valence-corrected chi connectivity index (χ1v) is 7.66. The third kappa shape index (κ3) is 3.83. The minimum absolute atomic E-state index is 0.0819. The van der Waals surface area contributed by atoms with Crippen LogP contribution in [0.2, 0.25) is 0 Å². The van der Waals surface area contributed by atoms with Crippen LogP contribution in [0.25, 0.3) is 0 Å². The van der Waals surface area contributed by atoms with E-state index in [-0.39, 0.29) is 18.4 Å². The van der Waals surface area contributed by atoms with Gasteiger partial charge in [-0.2, -0.15) is 0 Å². The minimum atomic E-state index is -0.118. The highest BCUT2D eigenvalue weighted by molar-refractivity contribution is 5.83. The molecule has 0 heterocycles. The van der Waals surface area contributed by atoms with Gasteiger partial charge in [0.1, 0.15) is 0 Å². The summed E-state index contributed by atoms with van der Waals surface area (Å²) in [5.74, 6) is 0.752. The number of rotatable bonds is 5. The Morgan fingerprint density at radius 3 is 2.55 bits per heavy atom. The number of hydrogen-bond acceptors (Lipinski definition) is 2. The van der Waals surface area contributed by atoms with Gasteiger partial charge in [0, 0.05) is 13.2 Å². The Bertz CT molecular complexity index is 418. The molecule has 3 heteroatoms. The van der Waals surface area contributed by atoms with Gasteiger partial charge in [-0.05, 0) is 37.2 Å². The Kier molecular flexibility index (Phi) is 5.60. The molecule has 1 saturated carbocycles. The molecule has 3 atom stereocenters. The summed E-state index contributed by atoms with van der Waals surface area (Å²) in [5, 5.41) is 12.5. The lowest BCUT2D eigenvalue weighted by Gasteiger charge is -2.30.